The molecule has 2 unspecified atom stereocenters. The van der Waals surface area contributed by atoms with Gasteiger partial charge in [0.25, 0.3) is 0 Å². The summed E-state index contributed by atoms with van der Waals surface area (Å²) in [5.74, 6) is 0. The van der Waals surface area contributed by atoms with E-state index < -0.39 is 74.6 Å². The molecule has 10 atom stereocenters. The van der Waals surface area contributed by atoms with Crippen LogP contribution in [0.25, 0.3) is 0 Å². The summed E-state index contributed by atoms with van der Waals surface area (Å²) in [4.78, 5) is 0. The Bertz CT molecular complexity index is 378. The van der Waals surface area contributed by atoms with Crippen LogP contribution >= 0.6 is 0 Å². The van der Waals surface area contributed by atoms with Gasteiger partial charge in [-0.1, -0.05) is 0 Å². The van der Waals surface area contributed by atoms with Crippen molar-refractivity contribution < 1.29 is 55.1 Å². The quantitative estimate of drug-likeness (QED) is 0.243. The molecule has 0 aromatic rings. The average molecular weight is 342 g/mol. The van der Waals surface area contributed by atoms with Crippen LogP contribution in [0, 0.1) is 0 Å². The summed E-state index contributed by atoms with van der Waals surface area (Å²) in [6.45, 7) is -1.35. The molecule has 0 aliphatic carbocycles. The van der Waals surface area contributed by atoms with Crippen LogP contribution < -0.4 is 0 Å². The van der Waals surface area contributed by atoms with Gasteiger partial charge >= 0.3 is 0 Å². The molecule has 0 amide bonds. The Labute approximate surface area is 130 Å². The summed E-state index contributed by atoms with van der Waals surface area (Å²) in [6.07, 6.45) is -15.6. The molecule has 0 aromatic heterocycles. The molecule has 8 N–H and O–H groups in total. The predicted octanol–water partition coefficient (Wildman–Crippen LogP) is -5.40. The second-order valence-corrected chi connectivity index (χ2v) is 5.53. The molecule has 2 aliphatic rings. The van der Waals surface area contributed by atoms with Gasteiger partial charge in [-0.05, 0) is 0 Å². The van der Waals surface area contributed by atoms with Crippen molar-refractivity contribution in [3.63, 3.8) is 0 Å². The van der Waals surface area contributed by atoms with E-state index in [0.717, 1.165) is 0 Å². The van der Waals surface area contributed by atoms with Gasteiger partial charge in [-0.2, -0.15) is 0 Å². The maximum absolute atomic E-state index is 9.94. The molecule has 11 heteroatoms. The summed E-state index contributed by atoms with van der Waals surface area (Å²) in [5, 5.41) is 76.5. The zero-order chi connectivity index (χ0) is 17.3. The van der Waals surface area contributed by atoms with E-state index in [4.69, 9.17) is 19.3 Å². The van der Waals surface area contributed by atoms with E-state index in [2.05, 4.69) is 0 Å². The minimum atomic E-state index is -1.74. The minimum absolute atomic E-state index is 0.667. The minimum Gasteiger partial charge on any atom is -0.394 e. The molecular formula is C12H22O11. The SMILES string of the molecule is OC[C@H]1OC(O[C@H]2[C@H](O)[C@H](O)C(O)O[C@@H]2CO)[C@H](O)[C@@H](O)[C@@H]1O. The first-order valence-electron chi connectivity index (χ1n) is 7.08. The molecule has 2 rings (SSSR count). The lowest BCUT2D eigenvalue weighted by atomic mass is 9.97. The van der Waals surface area contributed by atoms with Crippen LogP contribution in [0.15, 0.2) is 0 Å². The highest BCUT2D eigenvalue weighted by Gasteiger charge is 2.50. The van der Waals surface area contributed by atoms with Crippen LogP contribution in [0.1, 0.15) is 0 Å². The van der Waals surface area contributed by atoms with Gasteiger partial charge in [0.05, 0.1) is 13.2 Å². The summed E-state index contributed by atoms with van der Waals surface area (Å²) in [7, 11) is 0. The molecule has 2 aliphatic heterocycles. The maximum atomic E-state index is 9.94. The predicted molar refractivity (Wildman–Crippen MR) is 68.6 cm³/mol. The Morgan fingerprint density at radius 2 is 1.26 bits per heavy atom. The number of aliphatic hydroxyl groups is 8. The van der Waals surface area contributed by atoms with Gasteiger partial charge in [0.2, 0.25) is 0 Å². The number of hydrogen-bond donors (Lipinski definition) is 8. The number of aliphatic hydroxyl groups excluding tert-OH is 8. The molecule has 11 nitrogen and oxygen atoms in total. The van der Waals surface area contributed by atoms with E-state index in [1.165, 1.54) is 0 Å². The molecule has 2 saturated heterocycles. The van der Waals surface area contributed by atoms with Gasteiger partial charge in [-0.3, -0.25) is 0 Å². The van der Waals surface area contributed by atoms with Crippen molar-refractivity contribution in [1.29, 1.82) is 0 Å². The van der Waals surface area contributed by atoms with Crippen LogP contribution in [-0.2, 0) is 14.2 Å². The highest BCUT2D eigenvalue weighted by atomic mass is 16.7. The van der Waals surface area contributed by atoms with Crippen molar-refractivity contribution in [2.24, 2.45) is 0 Å². The fourth-order valence-corrected chi connectivity index (χ4v) is 2.57. The van der Waals surface area contributed by atoms with Gasteiger partial charge in [-0.25, -0.2) is 0 Å². The highest BCUT2D eigenvalue weighted by molar-refractivity contribution is 4.93. The lowest BCUT2D eigenvalue weighted by Gasteiger charge is -2.45. The average Bonchev–Trinajstić information content (AvgIpc) is 2.55. The van der Waals surface area contributed by atoms with Crippen LogP contribution in [-0.4, -0.2) is 115 Å². The third-order valence-corrected chi connectivity index (χ3v) is 3.98. The largest absolute Gasteiger partial charge is 0.394 e. The Hall–Kier alpha value is -0.440. The molecule has 2 heterocycles. The smallest absolute Gasteiger partial charge is 0.187 e. The van der Waals surface area contributed by atoms with Crippen molar-refractivity contribution in [2.75, 3.05) is 13.2 Å². The summed E-state index contributed by atoms with van der Waals surface area (Å²) < 4.78 is 15.3. The molecule has 136 valence electrons. The van der Waals surface area contributed by atoms with Gasteiger partial charge in [0.15, 0.2) is 12.6 Å². The topological polar surface area (TPSA) is 190 Å². The van der Waals surface area contributed by atoms with Crippen LogP contribution in [0.2, 0.25) is 0 Å². The molecule has 0 aromatic carbocycles. The Balaban J connectivity index is 2.11. The van der Waals surface area contributed by atoms with Crippen LogP contribution in [0.5, 0.6) is 0 Å². The first kappa shape index (κ1) is 18.9. The number of rotatable bonds is 4. The summed E-state index contributed by atoms with van der Waals surface area (Å²) >= 11 is 0. The molecular weight excluding hydrogens is 320 g/mol. The highest BCUT2D eigenvalue weighted by Crippen LogP contribution is 2.28. The molecule has 23 heavy (non-hydrogen) atoms. The first-order valence-corrected chi connectivity index (χ1v) is 7.08. The van der Waals surface area contributed by atoms with E-state index in [-0.39, 0.29) is 0 Å². The standard InChI is InChI=1S/C12H22O11/c13-1-3-5(15)6(16)9(19)12(22-3)23-10-4(2-14)21-11(20)8(18)7(10)17/h3-20H,1-2H2/t3-,4-,5-,6+,7-,8+,9-,10-,11?,12?/m1/s1. The van der Waals surface area contributed by atoms with Crippen molar-refractivity contribution in [2.45, 2.75) is 61.4 Å². The third kappa shape index (κ3) is 3.65. The lowest BCUT2D eigenvalue weighted by molar-refractivity contribution is -0.355. The number of hydrogen-bond acceptors (Lipinski definition) is 11. The second kappa shape index (κ2) is 7.63. The fourth-order valence-electron chi connectivity index (χ4n) is 2.57. The lowest BCUT2D eigenvalue weighted by Crippen LogP contribution is -2.64. The van der Waals surface area contributed by atoms with E-state index in [1.54, 1.807) is 0 Å². The van der Waals surface area contributed by atoms with Crippen molar-refractivity contribution >= 4 is 0 Å². The number of ether oxygens (including phenoxy) is 3. The Kier molecular flexibility index (Phi) is 6.27. The monoisotopic (exact) mass is 342 g/mol. The van der Waals surface area contributed by atoms with E-state index >= 15 is 0 Å². The summed E-state index contributed by atoms with van der Waals surface area (Å²) in [5.41, 5.74) is 0. The molecule has 0 spiro atoms. The van der Waals surface area contributed by atoms with Gasteiger partial charge in [0.1, 0.15) is 48.8 Å². The third-order valence-electron chi connectivity index (χ3n) is 3.98. The van der Waals surface area contributed by atoms with Gasteiger partial charge < -0.3 is 55.1 Å². The summed E-state index contributed by atoms with van der Waals surface area (Å²) in [6, 6.07) is 0. The van der Waals surface area contributed by atoms with Gasteiger partial charge in [0, 0.05) is 0 Å². The van der Waals surface area contributed by atoms with Crippen molar-refractivity contribution in [3.05, 3.63) is 0 Å². The zero-order valence-corrected chi connectivity index (χ0v) is 12.0. The van der Waals surface area contributed by atoms with Crippen molar-refractivity contribution in [3.8, 4) is 0 Å². The van der Waals surface area contributed by atoms with Crippen molar-refractivity contribution in [1.82, 2.24) is 0 Å². The van der Waals surface area contributed by atoms with E-state index in [0.29, 0.717) is 0 Å². The first-order chi connectivity index (χ1) is 10.8. The molecule has 0 radical (unpaired) electrons. The molecule has 0 bridgehead atoms. The van der Waals surface area contributed by atoms with E-state index in [1.807, 2.05) is 0 Å². The van der Waals surface area contributed by atoms with E-state index in [9.17, 15) is 35.7 Å². The molecule has 2 fully saturated rings. The second-order valence-electron chi connectivity index (χ2n) is 5.53. The van der Waals surface area contributed by atoms with Gasteiger partial charge in [-0.15, -0.1) is 0 Å². The normalized spacial score (nSPS) is 51.7. The fraction of sp³-hybridized carbons (Fsp3) is 1.00. The Morgan fingerprint density at radius 1 is 0.652 bits per heavy atom. The van der Waals surface area contributed by atoms with Crippen LogP contribution in [0.3, 0.4) is 0 Å². The zero-order valence-electron chi connectivity index (χ0n) is 12.0. The Morgan fingerprint density at radius 3 is 1.83 bits per heavy atom. The van der Waals surface area contributed by atoms with Crippen LogP contribution in [0.4, 0.5) is 0 Å². The maximum Gasteiger partial charge on any atom is 0.187 e. The molecule has 0 saturated carbocycles.